The van der Waals surface area contributed by atoms with Gasteiger partial charge in [-0.15, -0.1) is 0 Å². The third kappa shape index (κ3) is 17.5. The molecule has 0 heterocycles. The third-order valence-corrected chi connectivity index (χ3v) is 3.63. The molecular weight excluding hydrogens is 240 g/mol. The van der Waals surface area contributed by atoms with Crippen molar-refractivity contribution in [3.8, 4) is 0 Å². The Bertz CT molecular complexity index is 212. The van der Waals surface area contributed by atoms with E-state index in [0.29, 0.717) is 0 Å². The molecule has 117 valence electrons. The lowest BCUT2D eigenvalue weighted by atomic mass is 10.1. The largest absolute Gasteiger partial charge is 0.0885 e. The van der Waals surface area contributed by atoms with Crippen molar-refractivity contribution in [1.82, 2.24) is 0 Å². The van der Waals surface area contributed by atoms with E-state index in [1.165, 1.54) is 70.6 Å². The molecule has 0 aliphatic carbocycles. The van der Waals surface area contributed by atoms with Gasteiger partial charge in [0.15, 0.2) is 0 Å². The monoisotopic (exact) mass is 277 g/mol. The molecule has 0 fully saturated rings. The Balaban J connectivity index is 3.04. The minimum absolute atomic E-state index is 1.11. The second-order valence-corrected chi connectivity index (χ2v) is 5.72. The van der Waals surface area contributed by atoms with Crippen LogP contribution in [0.25, 0.3) is 0 Å². The van der Waals surface area contributed by atoms with E-state index in [1.54, 1.807) is 0 Å². The Morgan fingerprint density at radius 3 is 1.85 bits per heavy atom. The Morgan fingerprint density at radius 1 is 0.550 bits per heavy atom. The van der Waals surface area contributed by atoms with Gasteiger partial charge in [-0.1, -0.05) is 95.9 Å². The molecule has 0 aromatic heterocycles. The average molecular weight is 278 g/mol. The van der Waals surface area contributed by atoms with Crippen LogP contribution in [0, 0.1) is 6.42 Å². The summed E-state index contributed by atoms with van der Waals surface area (Å²) in [4.78, 5) is 0. The van der Waals surface area contributed by atoms with Crippen LogP contribution in [0.5, 0.6) is 0 Å². The SMILES string of the molecule is CCC=CCC=CCCCCCCC[CH]CCCCC. The van der Waals surface area contributed by atoms with Crippen molar-refractivity contribution in [3.63, 3.8) is 0 Å². The summed E-state index contributed by atoms with van der Waals surface area (Å²) in [5, 5.41) is 0. The first-order valence-corrected chi connectivity index (χ1v) is 9.03. The number of hydrogen-bond acceptors (Lipinski definition) is 0. The summed E-state index contributed by atoms with van der Waals surface area (Å²) in [6.07, 6.45) is 29.0. The van der Waals surface area contributed by atoms with Crippen LogP contribution in [0.3, 0.4) is 0 Å². The molecule has 0 unspecified atom stereocenters. The minimum Gasteiger partial charge on any atom is -0.0885 e. The molecule has 0 aromatic carbocycles. The topological polar surface area (TPSA) is 0 Å². The highest BCUT2D eigenvalue weighted by molar-refractivity contribution is 4.92. The molecule has 0 rings (SSSR count). The van der Waals surface area contributed by atoms with Crippen molar-refractivity contribution in [3.05, 3.63) is 30.7 Å². The van der Waals surface area contributed by atoms with Gasteiger partial charge in [-0.3, -0.25) is 0 Å². The summed E-state index contributed by atoms with van der Waals surface area (Å²) >= 11 is 0. The van der Waals surface area contributed by atoms with Crippen molar-refractivity contribution in [2.45, 2.75) is 97.3 Å². The summed E-state index contributed by atoms with van der Waals surface area (Å²) in [5.74, 6) is 0. The Kier molecular flexibility index (Phi) is 18.0. The van der Waals surface area contributed by atoms with Gasteiger partial charge >= 0.3 is 0 Å². The first-order chi connectivity index (χ1) is 9.91. The quantitative estimate of drug-likeness (QED) is 0.216. The lowest BCUT2D eigenvalue weighted by Crippen LogP contribution is -1.82. The van der Waals surface area contributed by atoms with E-state index in [0.717, 1.165) is 12.8 Å². The summed E-state index contributed by atoms with van der Waals surface area (Å²) < 4.78 is 0. The fourth-order valence-electron chi connectivity index (χ4n) is 2.32. The molecule has 20 heavy (non-hydrogen) atoms. The second-order valence-electron chi connectivity index (χ2n) is 5.72. The molecule has 0 saturated carbocycles. The van der Waals surface area contributed by atoms with Gasteiger partial charge < -0.3 is 0 Å². The maximum absolute atomic E-state index is 2.50. The second kappa shape index (κ2) is 18.5. The molecule has 0 bridgehead atoms. The molecule has 0 nitrogen and oxygen atoms in total. The Hall–Kier alpha value is -0.520. The van der Waals surface area contributed by atoms with Crippen LogP contribution in [0.2, 0.25) is 0 Å². The van der Waals surface area contributed by atoms with Crippen LogP contribution in [0.1, 0.15) is 97.3 Å². The number of rotatable bonds is 15. The molecule has 0 aromatic rings. The summed E-state index contributed by atoms with van der Waals surface area (Å²) in [7, 11) is 0. The molecule has 0 amide bonds. The van der Waals surface area contributed by atoms with Gasteiger partial charge in [0, 0.05) is 0 Å². The molecule has 0 spiro atoms. The van der Waals surface area contributed by atoms with E-state index in [4.69, 9.17) is 0 Å². The third-order valence-electron chi connectivity index (χ3n) is 3.63. The van der Waals surface area contributed by atoms with Crippen LogP contribution in [0.15, 0.2) is 24.3 Å². The van der Waals surface area contributed by atoms with Gasteiger partial charge in [-0.05, 0) is 32.1 Å². The van der Waals surface area contributed by atoms with Crippen LogP contribution >= 0.6 is 0 Å². The lowest BCUT2D eigenvalue weighted by molar-refractivity contribution is 0.602. The van der Waals surface area contributed by atoms with E-state index in [-0.39, 0.29) is 0 Å². The summed E-state index contributed by atoms with van der Waals surface area (Å²) in [5.41, 5.74) is 0. The van der Waals surface area contributed by atoms with E-state index in [2.05, 4.69) is 44.6 Å². The minimum atomic E-state index is 1.11. The molecule has 0 aliphatic heterocycles. The van der Waals surface area contributed by atoms with Gasteiger partial charge in [0.25, 0.3) is 0 Å². The van der Waals surface area contributed by atoms with Gasteiger partial charge in [-0.2, -0.15) is 0 Å². The molecule has 0 atom stereocenters. The molecule has 0 saturated heterocycles. The maximum atomic E-state index is 2.50. The molecule has 1 radical (unpaired) electrons. The smallest absolute Gasteiger partial charge is 0.0169 e. The first kappa shape index (κ1) is 19.5. The predicted octanol–water partition coefficient (Wildman–Crippen LogP) is 7.41. The number of allylic oxidation sites excluding steroid dienone is 4. The van der Waals surface area contributed by atoms with Gasteiger partial charge in [0.05, 0.1) is 0 Å². The predicted molar refractivity (Wildman–Crippen MR) is 93.9 cm³/mol. The fourth-order valence-corrected chi connectivity index (χ4v) is 2.32. The average Bonchev–Trinajstić information content (AvgIpc) is 2.47. The normalized spacial score (nSPS) is 11.9. The van der Waals surface area contributed by atoms with E-state index >= 15 is 0 Å². The highest BCUT2D eigenvalue weighted by Crippen LogP contribution is 2.11. The van der Waals surface area contributed by atoms with E-state index in [9.17, 15) is 0 Å². The van der Waals surface area contributed by atoms with Gasteiger partial charge in [0.1, 0.15) is 0 Å². The van der Waals surface area contributed by atoms with Crippen molar-refractivity contribution in [1.29, 1.82) is 0 Å². The van der Waals surface area contributed by atoms with Crippen LogP contribution in [-0.4, -0.2) is 0 Å². The molecule has 0 N–H and O–H groups in total. The highest BCUT2D eigenvalue weighted by Gasteiger charge is 1.92. The number of hydrogen-bond donors (Lipinski definition) is 0. The zero-order chi connectivity index (χ0) is 14.7. The van der Waals surface area contributed by atoms with E-state index in [1.807, 2.05) is 0 Å². The van der Waals surface area contributed by atoms with Crippen molar-refractivity contribution < 1.29 is 0 Å². The summed E-state index contributed by atoms with van der Waals surface area (Å²) in [6.45, 7) is 4.46. The van der Waals surface area contributed by atoms with Crippen LogP contribution < -0.4 is 0 Å². The van der Waals surface area contributed by atoms with Crippen LogP contribution in [-0.2, 0) is 0 Å². The van der Waals surface area contributed by atoms with Gasteiger partial charge in [-0.25, -0.2) is 0 Å². The molecule has 0 heteroatoms. The zero-order valence-corrected chi connectivity index (χ0v) is 14.1. The Morgan fingerprint density at radius 2 is 1.15 bits per heavy atom. The maximum Gasteiger partial charge on any atom is -0.0169 e. The van der Waals surface area contributed by atoms with Crippen molar-refractivity contribution in [2.75, 3.05) is 0 Å². The van der Waals surface area contributed by atoms with Crippen molar-refractivity contribution in [2.24, 2.45) is 0 Å². The zero-order valence-electron chi connectivity index (χ0n) is 14.1. The number of unbranched alkanes of at least 4 members (excludes halogenated alkanes) is 11. The van der Waals surface area contributed by atoms with Gasteiger partial charge in [0.2, 0.25) is 0 Å². The van der Waals surface area contributed by atoms with Crippen molar-refractivity contribution >= 4 is 0 Å². The standard InChI is InChI=1S/C20H37/c1-3-5-7-9-11-13-15-17-19-20-18-16-14-12-10-8-6-4-2/h5,7,11-13H,3-4,6,8-10,14-20H2,1-2H3. The summed E-state index contributed by atoms with van der Waals surface area (Å²) in [6, 6.07) is 0. The molecular formula is C20H37. The van der Waals surface area contributed by atoms with Crippen LogP contribution in [0.4, 0.5) is 0 Å². The Labute approximate surface area is 128 Å². The molecule has 0 aliphatic rings. The lowest BCUT2D eigenvalue weighted by Gasteiger charge is -2.01. The highest BCUT2D eigenvalue weighted by atomic mass is 14.0. The van der Waals surface area contributed by atoms with E-state index < -0.39 is 0 Å². The first-order valence-electron chi connectivity index (χ1n) is 9.03. The fraction of sp³-hybridized carbons (Fsp3) is 0.750.